The Balaban J connectivity index is 1.45. The molecule has 0 N–H and O–H groups in total. The van der Waals surface area contributed by atoms with Crippen molar-refractivity contribution in [3.05, 3.63) is 129 Å². The van der Waals surface area contributed by atoms with E-state index in [2.05, 4.69) is 5.01 Å². The van der Waals surface area contributed by atoms with E-state index in [1.807, 2.05) is 59.5 Å². The third kappa shape index (κ3) is 4.45. The van der Waals surface area contributed by atoms with Crippen molar-refractivity contribution < 1.29 is 18.3 Å². The van der Waals surface area contributed by atoms with Crippen LogP contribution < -0.4 is 15.2 Å². The first-order chi connectivity index (χ1) is 20.0. The fraction of sp³-hybridized carbons (Fsp3) is 0.226. The summed E-state index contributed by atoms with van der Waals surface area (Å²) in [4.78, 5) is 30.1. The number of amides is 1. The molecule has 1 aromatic heterocycles. The summed E-state index contributed by atoms with van der Waals surface area (Å²) in [6.07, 6.45) is 1.29. The Morgan fingerprint density at radius 3 is 2.61 bits per heavy atom. The van der Waals surface area contributed by atoms with E-state index in [0.717, 1.165) is 26.7 Å². The molecule has 2 atom stereocenters. The number of fused-ring (bicyclic) bond motifs is 4. The van der Waals surface area contributed by atoms with Gasteiger partial charge in [0.05, 0.1) is 0 Å². The van der Waals surface area contributed by atoms with E-state index in [0.29, 0.717) is 32.6 Å². The number of rotatable bonds is 4. The topological polar surface area (TPSA) is 54.8 Å². The van der Waals surface area contributed by atoms with E-state index in [1.165, 1.54) is 23.9 Å². The van der Waals surface area contributed by atoms with Gasteiger partial charge in [-0.3, -0.25) is 0 Å². The van der Waals surface area contributed by atoms with Gasteiger partial charge in [0, 0.05) is 0 Å². The SMILES string of the molecule is O=C1c2c(OCc3ccccc3)c(=O)ccn2N([C@@H]2c3ccccc3SCc3c2ccc(F)c3F)[C@@H]2C[Se]CCN12. The first kappa shape index (κ1) is 26.3. The first-order valence-corrected chi connectivity index (χ1v) is 16.7. The molecule has 3 aliphatic heterocycles. The Morgan fingerprint density at radius 2 is 1.76 bits per heavy atom. The number of ether oxygens (including phenoxy) is 1. The molecule has 3 aliphatic rings. The number of nitrogens with zero attached hydrogens (tertiary/aromatic N) is 3. The van der Waals surface area contributed by atoms with Crippen molar-refractivity contribution in [3.63, 3.8) is 0 Å². The van der Waals surface area contributed by atoms with Gasteiger partial charge in [-0.1, -0.05) is 0 Å². The van der Waals surface area contributed by atoms with Gasteiger partial charge >= 0.3 is 247 Å². The average molecular weight is 637 g/mol. The molecule has 10 heteroatoms. The maximum atomic E-state index is 15.4. The number of hydrogen-bond donors (Lipinski definition) is 0. The number of carbonyl (C=O) groups is 1. The summed E-state index contributed by atoms with van der Waals surface area (Å²) in [6, 6.07) is 21.1. The van der Waals surface area contributed by atoms with Crippen LogP contribution in [0.3, 0.4) is 0 Å². The third-order valence-corrected chi connectivity index (χ3v) is 11.0. The van der Waals surface area contributed by atoms with Crippen molar-refractivity contribution in [3.8, 4) is 5.75 Å². The molecule has 41 heavy (non-hydrogen) atoms. The molecule has 0 spiro atoms. The van der Waals surface area contributed by atoms with Crippen molar-refractivity contribution in [1.29, 1.82) is 0 Å². The van der Waals surface area contributed by atoms with Crippen molar-refractivity contribution in [1.82, 2.24) is 9.58 Å². The molecule has 4 aromatic rings. The Kier molecular flexibility index (Phi) is 6.85. The number of carbonyl (C=O) groups excluding carboxylic acids is 1. The van der Waals surface area contributed by atoms with Crippen LogP contribution in [0.1, 0.15) is 38.8 Å². The predicted octanol–water partition coefficient (Wildman–Crippen LogP) is 5.38. The van der Waals surface area contributed by atoms with Gasteiger partial charge < -0.3 is 0 Å². The first-order valence-electron chi connectivity index (χ1n) is 13.3. The van der Waals surface area contributed by atoms with E-state index in [-0.39, 0.29) is 41.3 Å². The molecule has 0 saturated carbocycles. The second kappa shape index (κ2) is 10.7. The van der Waals surface area contributed by atoms with Crippen LogP contribution in [0.15, 0.2) is 88.7 Å². The molecule has 1 fully saturated rings. The fourth-order valence-electron chi connectivity index (χ4n) is 5.84. The van der Waals surface area contributed by atoms with Crippen LogP contribution in [-0.2, 0) is 12.4 Å². The van der Waals surface area contributed by atoms with Gasteiger partial charge in [-0.2, -0.15) is 0 Å². The average Bonchev–Trinajstić information content (AvgIpc) is 3.17. The van der Waals surface area contributed by atoms with E-state index < -0.39 is 17.7 Å². The maximum absolute atomic E-state index is 15.4. The minimum absolute atomic E-state index is 0.0114. The molecular weight excluding hydrogens is 611 g/mol. The zero-order chi connectivity index (χ0) is 28.1. The summed E-state index contributed by atoms with van der Waals surface area (Å²) in [6.45, 7) is 0.679. The quantitative estimate of drug-likeness (QED) is 0.282. The van der Waals surface area contributed by atoms with E-state index in [9.17, 15) is 14.0 Å². The van der Waals surface area contributed by atoms with Crippen molar-refractivity contribution in [2.75, 3.05) is 11.6 Å². The molecular formula is C31H25F2N3O3SSe. The monoisotopic (exact) mass is 637 g/mol. The Morgan fingerprint density at radius 1 is 0.951 bits per heavy atom. The summed E-state index contributed by atoms with van der Waals surface area (Å²) >= 11 is 1.76. The third-order valence-electron chi connectivity index (χ3n) is 7.76. The van der Waals surface area contributed by atoms with Gasteiger partial charge in [-0.15, -0.1) is 0 Å². The van der Waals surface area contributed by atoms with E-state index in [1.54, 1.807) is 16.9 Å². The Bertz CT molecular complexity index is 1720. The number of aromatic nitrogens is 1. The number of pyridine rings is 1. The molecule has 208 valence electrons. The standard InChI is InChI=1S/C31H25F2N3O3SSe/c32-23-11-10-20-22(27(23)33)17-40-25-9-5-4-8-21(25)28(20)36-26-18-41-15-14-34(26)31(38)29-30(24(37)12-13-35(29)36)39-16-19-6-2-1-3-7-19/h1-13,26,28H,14-18H2/t26-,28+/m1/s1. The number of benzene rings is 3. The molecule has 4 heterocycles. The van der Waals surface area contributed by atoms with Gasteiger partial charge in [0.2, 0.25) is 0 Å². The summed E-state index contributed by atoms with van der Waals surface area (Å²) < 4.78 is 37.7. The van der Waals surface area contributed by atoms with Crippen LogP contribution >= 0.6 is 11.8 Å². The van der Waals surface area contributed by atoms with Crippen LogP contribution in [0.25, 0.3) is 0 Å². The van der Waals surface area contributed by atoms with E-state index in [4.69, 9.17) is 4.74 Å². The predicted molar refractivity (Wildman–Crippen MR) is 154 cm³/mol. The molecule has 6 nitrogen and oxygen atoms in total. The molecule has 0 aliphatic carbocycles. The summed E-state index contributed by atoms with van der Waals surface area (Å²) in [5.41, 5.74) is 2.53. The van der Waals surface area contributed by atoms with Crippen LogP contribution in [0, 0.1) is 11.6 Å². The number of halogens is 2. The fourth-order valence-corrected chi connectivity index (χ4v) is 9.13. The molecule has 7 rings (SSSR count). The second-order valence-corrected chi connectivity index (χ2v) is 13.5. The Hall–Kier alpha value is -3.59. The van der Waals surface area contributed by atoms with Crippen LogP contribution in [0.2, 0.25) is 10.6 Å². The normalized spacial score (nSPS) is 19.5. The molecule has 0 bridgehead atoms. The molecule has 0 radical (unpaired) electrons. The zero-order valence-electron chi connectivity index (χ0n) is 21.8. The molecule has 0 unspecified atom stereocenters. The van der Waals surface area contributed by atoms with Crippen LogP contribution in [-0.4, -0.2) is 43.2 Å². The molecule has 1 amide bonds. The summed E-state index contributed by atoms with van der Waals surface area (Å²) in [5.74, 6) is -1.73. The number of hydrogen-bond acceptors (Lipinski definition) is 5. The van der Waals surface area contributed by atoms with Crippen molar-refractivity contribution in [2.45, 2.75) is 40.1 Å². The van der Waals surface area contributed by atoms with Crippen molar-refractivity contribution in [2.24, 2.45) is 0 Å². The molecule has 1 saturated heterocycles. The van der Waals surface area contributed by atoms with Crippen molar-refractivity contribution >= 4 is 32.6 Å². The minimum atomic E-state index is -0.883. The van der Waals surface area contributed by atoms with Gasteiger partial charge in [-0.25, -0.2) is 0 Å². The Labute approximate surface area is 246 Å². The zero-order valence-corrected chi connectivity index (χ0v) is 24.4. The molecule has 3 aromatic carbocycles. The summed E-state index contributed by atoms with van der Waals surface area (Å²) in [5, 5.41) is 3.73. The second-order valence-electron chi connectivity index (χ2n) is 10.1. The van der Waals surface area contributed by atoms with Crippen LogP contribution in [0.4, 0.5) is 8.78 Å². The van der Waals surface area contributed by atoms with Gasteiger partial charge in [0.1, 0.15) is 0 Å². The van der Waals surface area contributed by atoms with Gasteiger partial charge in [0.25, 0.3) is 0 Å². The van der Waals surface area contributed by atoms with Gasteiger partial charge in [-0.05, 0) is 0 Å². The summed E-state index contributed by atoms with van der Waals surface area (Å²) in [7, 11) is 0. The van der Waals surface area contributed by atoms with Gasteiger partial charge in [0.15, 0.2) is 0 Å². The van der Waals surface area contributed by atoms with E-state index >= 15 is 4.39 Å². The van der Waals surface area contributed by atoms with Crippen LogP contribution in [0.5, 0.6) is 5.75 Å². The number of thioether (sulfide) groups is 1.